The highest BCUT2D eigenvalue weighted by atomic mass is 35.5. The van der Waals surface area contributed by atoms with Gasteiger partial charge in [0.1, 0.15) is 5.60 Å². The molecule has 0 fully saturated rings. The van der Waals surface area contributed by atoms with Crippen LogP contribution in [0.5, 0.6) is 0 Å². The van der Waals surface area contributed by atoms with Crippen molar-refractivity contribution in [3.8, 4) is 0 Å². The summed E-state index contributed by atoms with van der Waals surface area (Å²) in [5.41, 5.74) is 1.80. The van der Waals surface area contributed by atoms with Gasteiger partial charge in [-0.1, -0.05) is 67.9 Å². The zero-order valence-electron chi connectivity index (χ0n) is 14.7. The van der Waals surface area contributed by atoms with Gasteiger partial charge in [0.05, 0.1) is 6.61 Å². The predicted octanol–water partition coefficient (Wildman–Crippen LogP) is 5.38. The van der Waals surface area contributed by atoms with Crippen molar-refractivity contribution < 1.29 is 4.74 Å². The summed E-state index contributed by atoms with van der Waals surface area (Å²) in [6.07, 6.45) is 0. The van der Waals surface area contributed by atoms with E-state index in [-0.39, 0.29) is 12.4 Å². The summed E-state index contributed by atoms with van der Waals surface area (Å²) in [4.78, 5) is 2.37. The zero-order valence-corrected chi connectivity index (χ0v) is 16.2. The largest absolute Gasteiger partial charge is 0.365 e. The first kappa shape index (κ1) is 21.0. The normalized spacial score (nSPS) is 13.4. The molecule has 2 aromatic carbocycles. The number of likely N-dealkylation sites (N-methyl/N-ethyl adjacent to an activating group) is 1. The van der Waals surface area contributed by atoms with Gasteiger partial charge in [-0.2, -0.15) is 0 Å². The van der Waals surface area contributed by atoms with Crippen LogP contribution in [-0.2, 0) is 10.3 Å². The third kappa shape index (κ3) is 5.22. The zero-order chi connectivity index (χ0) is 16.7. The fraction of sp³-hybridized carbons (Fsp3) is 0.400. The molecule has 24 heavy (non-hydrogen) atoms. The van der Waals surface area contributed by atoms with E-state index in [0.29, 0.717) is 6.61 Å². The van der Waals surface area contributed by atoms with E-state index < -0.39 is 5.60 Å². The summed E-state index contributed by atoms with van der Waals surface area (Å²) in [5, 5.41) is 0.743. The Morgan fingerprint density at radius 2 is 1.46 bits per heavy atom. The van der Waals surface area contributed by atoms with Crippen LogP contribution in [0.15, 0.2) is 54.6 Å². The molecule has 2 rings (SSSR count). The number of hydrogen-bond donors (Lipinski definition) is 0. The molecule has 0 saturated carbocycles. The van der Waals surface area contributed by atoms with E-state index in [0.717, 1.165) is 35.8 Å². The summed E-state index contributed by atoms with van der Waals surface area (Å²) < 4.78 is 6.39. The molecular weight excluding hydrogens is 341 g/mol. The lowest BCUT2D eigenvalue weighted by Crippen LogP contribution is -2.33. The molecule has 2 nitrogen and oxygen atoms in total. The first-order valence-electron chi connectivity index (χ1n) is 8.28. The monoisotopic (exact) mass is 367 g/mol. The first-order valence-corrected chi connectivity index (χ1v) is 8.65. The summed E-state index contributed by atoms with van der Waals surface area (Å²) in [6.45, 7) is 10.2. The van der Waals surface area contributed by atoms with Gasteiger partial charge in [-0.15, -0.1) is 12.4 Å². The average molecular weight is 368 g/mol. The number of hydrogen-bond acceptors (Lipinski definition) is 2. The first-order chi connectivity index (χ1) is 11.1. The van der Waals surface area contributed by atoms with Crippen LogP contribution in [0, 0.1) is 0 Å². The van der Waals surface area contributed by atoms with Gasteiger partial charge in [-0.3, -0.25) is 0 Å². The fourth-order valence-electron chi connectivity index (χ4n) is 2.78. The van der Waals surface area contributed by atoms with Crippen LogP contribution in [0.2, 0.25) is 5.02 Å². The minimum absolute atomic E-state index is 0. The van der Waals surface area contributed by atoms with Crippen molar-refractivity contribution >= 4 is 24.0 Å². The van der Waals surface area contributed by atoms with Crippen molar-refractivity contribution in [1.29, 1.82) is 0 Å². The van der Waals surface area contributed by atoms with E-state index in [1.807, 2.05) is 30.3 Å². The molecule has 0 aliphatic heterocycles. The second-order valence-corrected chi connectivity index (χ2v) is 6.22. The molecule has 0 bridgehead atoms. The van der Waals surface area contributed by atoms with E-state index in [1.165, 1.54) is 0 Å². The molecule has 0 aromatic heterocycles. The molecule has 0 aliphatic carbocycles. The SMILES string of the molecule is CCN(CC)CCO[C@@](C)(c1ccccc1)c1ccc(Cl)cc1.Cl. The van der Waals surface area contributed by atoms with Gasteiger partial charge in [-0.25, -0.2) is 0 Å². The maximum atomic E-state index is 6.39. The highest BCUT2D eigenvalue weighted by Gasteiger charge is 2.29. The second kappa shape index (κ2) is 10.0. The van der Waals surface area contributed by atoms with E-state index in [1.54, 1.807) is 0 Å². The van der Waals surface area contributed by atoms with Crippen LogP contribution >= 0.6 is 24.0 Å². The van der Waals surface area contributed by atoms with Gasteiger partial charge in [0.15, 0.2) is 0 Å². The minimum Gasteiger partial charge on any atom is -0.365 e. The van der Waals surface area contributed by atoms with Crippen LogP contribution < -0.4 is 0 Å². The molecule has 0 amide bonds. The lowest BCUT2D eigenvalue weighted by Gasteiger charge is -2.32. The Balaban J connectivity index is 0.00000288. The molecule has 0 spiro atoms. The number of halogens is 2. The Kier molecular flexibility index (Phi) is 8.79. The molecule has 1 atom stereocenters. The van der Waals surface area contributed by atoms with E-state index in [4.69, 9.17) is 16.3 Å². The summed E-state index contributed by atoms with van der Waals surface area (Å²) >= 11 is 6.04. The standard InChI is InChI=1S/C20H26ClNO.ClH/c1-4-22(5-2)15-16-23-20(3,17-9-7-6-8-10-17)18-11-13-19(21)14-12-18;/h6-14H,4-5,15-16H2,1-3H3;1H/t20-;/m0./s1. The number of ether oxygens (including phenoxy) is 1. The maximum Gasteiger partial charge on any atom is 0.115 e. The van der Waals surface area contributed by atoms with Gasteiger partial charge < -0.3 is 9.64 Å². The highest BCUT2D eigenvalue weighted by Crippen LogP contribution is 2.33. The van der Waals surface area contributed by atoms with Gasteiger partial charge in [-0.05, 0) is 43.3 Å². The molecule has 0 unspecified atom stereocenters. The molecule has 4 heteroatoms. The summed E-state index contributed by atoms with van der Waals surface area (Å²) in [7, 11) is 0. The maximum absolute atomic E-state index is 6.39. The lowest BCUT2D eigenvalue weighted by atomic mass is 9.88. The Morgan fingerprint density at radius 3 is 2.00 bits per heavy atom. The number of benzene rings is 2. The lowest BCUT2D eigenvalue weighted by molar-refractivity contribution is -0.0135. The minimum atomic E-state index is -0.473. The van der Waals surface area contributed by atoms with Crippen molar-refractivity contribution in [3.63, 3.8) is 0 Å². The number of rotatable bonds is 8. The molecule has 0 heterocycles. The molecule has 132 valence electrons. The van der Waals surface area contributed by atoms with Crippen molar-refractivity contribution in [1.82, 2.24) is 4.90 Å². The number of nitrogens with zero attached hydrogens (tertiary/aromatic N) is 1. The van der Waals surface area contributed by atoms with Crippen LogP contribution in [0.25, 0.3) is 0 Å². The molecule has 0 saturated heterocycles. The quantitative estimate of drug-likeness (QED) is 0.620. The van der Waals surface area contributed by atoms with Crippen LogP contribution in [-0.4, -0.2) is 31.1 Å². The van der Waals surface area contributed by atoms with Crippen LogP contribution in [0.3, 0.4) is 0 Å². The third-order valence-electron chi connectivity index (χ3n) is 4.41. The predicted molar refractivity (Wildman–Crippen MR) is 105 cm³/mol. The molecular formula is C20H27Cl2NO. The van der Waals surface area contributed by atoms with Gasteiger partial charge in [0, 0.05) is 11.6 Å². The Morgan fingerprint density at radius 1 is 0.917 bits per heavy atom. The van der Waals surface area contributed by atoms with Crippen LogP contribution in [0.1, 0.15) is 31.9 Å². The topological polar surface area (TPSA) is 12.5 Å². The molecule has 2 aromatic rings. The fourth-order valence-corrected chi connectivity index (χ4v) is 2.90. The molecule has 0 N–H and O–H groups in total. The Labute approximate surface area is 157 Å². The Bertz CT molecular complexity index is 584. The average Bonchev–Trinajstić information content (AvgIpc) is 2.60. The van der Waals surface area contributed by atoms with Crippen molar-refractivity contribution in [2.75, 3.05) is 26.2 Å². The van der Waals surface area contributed by atoms with Crippen molar-refractivity contribution in [2.45, 2.75) is 26.4 Å². The Hall–Kier alpha value is -1.06. The second-order valence-electron chi connectivity index (χ2n) is 5.78. The van der Waals surface area contributed by atoms with Gasteiger partial charge in [0.25, 0.3) is 0 Å². The van der Waals surface area contributed by atoms with E-state index >= 15 is 0 Å². The van der Waals surface area contributed by atoms with Crippen molar-refractivity contribution in [2.24, 2.45) is 0 Å². The third-order valence-corrected chi connectivity index (χ3v) is 4.66. The molecule has 0 radical (unpaired) electrons. The summed E-state index contributed by atoms with van der Waals surface area (Å²) in [5.74, 6) is 0. The van der Waals surface area contributed by atoms with Crippen molar-refractivity contribution in [3.05, 3.63) is 70.7 Å². The van der Waals surface area contributed by atoms with E-state index in [2.05, 4.69) is 49.9 Å². The highest BCUT2D eigenvalue weighted by molar-refractivity contribution is 6.30. The van der Waals surface area contributed by atoms with Gasteiger partial charge in [0.2, 0.25) is 0 Å². The molecule has 0 aliphatic rings. The van der Waals surface area contributed by atoms with E-state index in [9.17, 15) is 0 Å². The van der Waals surface area contributed by atoms with Gasteiger partial charge >= 0.3 is 0 Å². The summed E-state index contributed by atoms with van der Waals surface area (Å²) in [6, 6.07) is 18.3. The van der Waals surface area contributed by atoms with Crippen LogP contribution in [0.4, 0.5) is 0 Å². The smallest absolute Gasteiger partial charge is 0.115 e.